The topological polar surface area (TPSA) is 91.3 Å². The molecule has 0 atom stereocenters. The zero-order chi connectivity index (χ0) is 15.5. The fourth-order valence-corrected chi connectivity index (χ4v) is 2.11. The van der Waals surface area contributed by atoms with Crippen molar-refractivity contribution in [2.75, 3.05) is 6.61 Å². The van der Waals surface area contributed by atoms with Crippen LogP contribution in [0.15, 0.2) is 30.6 Å². The molecule has 0 unspecified atom stereocenters. The lowest BCUT2D eigenvalue weighted by Gasteiger charge is -2.26. The third kappa shape index (κ3) is 3.11. The Bertz CT molecular complexity index is 654. The van der Waals surface area contributed by atoms with Crippen molar-refractivity contribution in [1.82, 2.24) is 4.98 Å². The number of nitrogens with zero attached hydrogens (tertiary/aromatic N) is 2. The molecule has 0 saturated heterocycles. The van der Waals surface area contributed by atoms with Gasteiger partial charge in [0.25, 0.3) is 5.69 Å². The number of nitrogens with two attached hydrogens (primary N) is 1. The second-order valence-electron chi connectivity index (χ2n) is 5.12. The van der Waals surface area contributed by atoms with Crippen molar-refractivity contribution in [2.24, 2.45) is 5.73 Å². The number of hydrogen-bond acceptors (Lipinski definition) is 5. The molecule has 0 aliphatic rings. The van der Waals surface area contributed by atoms with Gasteiger partial charge in [0.15, 0.2) is 0 Å². The van der Waals surface area contributed by atoms with E-state index in [1.165, 1.54) is 12.3 Å². The van der Waals surface area contributed by atoms with Crippen LogP contribution in [-0.2, 0) is 0 Å². The van der Waals surface area contributed by atoms with Gasteiger partial charge in [-0.3, -0.25) is 15.1 Å². The summed E-state index contributed by atoms with van der Waals surface area (Å²) < 4.78 is 5.83. The van der Waals surface area contributed by atoms with Gasteiger partial charge in [-0.15, -0.1) is 0 Å². The highest BCUT2D eigenvalue weighted by Crippen LogP contribution is 2.32. The predicted molar refractivity (Wildman–Crippen MR) is 81.4 cm³/mol. The molecular formula is C15H19N3O3. The summed E-state index contributed by atoms with van der Waals surface area (Å²) in [5.41, 5.74) is 5.86. The van der Waals surface area contributed by atoms with Crippen LogP contribution in [0.1, 0.15) is 26.7 Å². The maximum absolute atomic E-state index is 11.1. The van der Waals surface area contributed by atoms with E-state index in [2.05, 4.69) is 4.98 Å². The van der Waals surface area contributed by atoms with Crippen LogP contribution in [-0.4, -0.2) is 22.1 Å². The quantitative estimate of drug-likeness (QED) is 0.652. The fraction of sp³-hybridized carbons (Fsp3) is 0.400. The minimum atomic E-state index is -0.418. The number of benzene rings is 1. The molecule has 0 saturated carbocycles. The summed E-state index contributed by atoms with van der Waals surface area (Å²) in [4.78, 5) is 14.6. The first kappa shape index (κ1) is 15.2. The maximum Gasteiger partial charge on any atom is 0.279 e. The highest BCUT2D eigenvalue weighted by molar-refractivity contribution is 5.94. The first-order chi connectivity index (χ1) is 10.0. The van der Waals surface area contributed by atoms with Crippen molar-refractivity contribution >= 4 is 16.5 Å². The number of non-ortho nitro benzene ring substituents is 1. The van der Waals surface area contributed by atoms with Crippen LogP contribution in [0.3, 0.4) is 0 Å². The molecular weight excluding hydrogens is 270 g/mol. The van der Waals surface area contributed by atoms with Gasteiger partial charge in [-0.25, -0.2) is 0 Å². The largest absolute Gasteiger partial charge is 0.491 e. The summed E-state index contributed by atoms with van der Waals surface area (Å²) >= 11 is 0. The molecule has 0 bridgehead atoms. The number of hydrogen-bond donors (Lipinski definition) is 1. The van der Waals surface area contributed by atoms with E-state index in [0.29, 0.717) is 23.1 Å². The van der Waals surface area contributed by atoms with Crippen molar-refractivity contribution in [1.29, 1.82) is 0 Å². The Morgan fingerprint density at radius 1 is 1.29 bits per heavy atom. The number of ether oxygens (including phenoxy) is 1. The smallest absolute Gasteiger partial charge is 0.279 e. The second kappa shape index (κ2) is 6.05. The van der Waals surface area contributed by atoms with Crippen molar-refractivity contribution in [3.05, 3.63) is 40.7 Å². The summed E-state index contributed by atoms with van der Waals surface area (Å²) in [6, 6.07) is 4.77. The van der Waals surface area contributed by atoms with E-state index in [-0.39, 0.29) is 11.2 Å². The summed E-state index contributed by atoms with van der Waals surface area (Å²) in [6.45, 7) is 4.41. The van der Waals surface area contributed by atoms with Gasteiger partial charge >= 0.3 is 0 Å². The molecule has 2 N–H and O–H groups in total. The van der Waals surface area contributed by atoms with Gasteiger partial charge < -0.3 is 10.5 Å². The molecule has 0 radical (unpaired) electrons. The summed E-state index contributed by atoms with van der Waals surface area (Å²) in [6.07, 6.45) is 4.68. The summed E-state index contributed by atoms with van der Waals surface area (Å²) in [5.74, 6) is 0.592. The molecule has 2 aromatic rings. The van der Waals surface area contributed by atoms with Crippen LogP contribution < -0.4 is 10.5 Å². The van der Waals surface area contributed by atoms with Crippen molar-refractivity contribution in [3.63, 3.8) is 0 Å². The standard InChI is InChI=1S/C15H19N3O3/c1-3-15(16,4-2)10-21-14-6-5-13(18(19)20)12-9-17-8-7-11(12)14/h5-9H,3-4,10,16H2,1-2H3. The maximum atomic E-state index is 11.1. The minimum absolute atomic E-state index is 0.0236. The molecule has 0 aliphatic heterocycles. The Balaban J connectivity index is 2.38. The Morgan fingerprint density at radius 2 is 2.00 bits per heavy atom. The van der Waals surface area contributed by atoms with E-state index in [9.17, 15) is 10.1 Å². The summed E-state index contributed by atoms with van der Waals surface area (Å²) in [7, 11) is 0. The molecule has 112 valence electrons. The predicted octanol–water partition coefficient (Wildman–Crippen LogP) is 3.04. The normalized spacial score (nSPS) is 11.6. The number of aromatic nitrogens is 1. The van der Waals surface area contributed by atoms with E-state index in [1.54, 1.807) is 18.3 Å². The van der Waals surface area contributed by atoms with Gasteiger partial charge in [-0.2, -0.15) is 0 Å². The minimum Gasteiger partial charge on any atom is -0.491 e. The molecule has 0 fully saturated rings. The SMILES string of the molecule is CCC(N)(CC)COc1ccc([N+](=O)[O-])c2cnccc12. The highest BCUT2D eigenvalue weighted by Gasteiger charge is 2.22. The second-order valence-corrected chi connectivity index (χ2v) is 5.12. The van der Waals surface area contributed by atoms with E-state index in [0.717, 1.165) is 12.8 Å². The number of fused-ring (bicyclic) bond motifs is 1. The highest BCUT2D eigenvalue weighted by atomic mass is 16.6. The van der Waals surface area contributed by atoms with Gasteiger partial charge in [0, 0.05) is 29.4 Å². The van der Waals surface area contributed by atoms with Gasteiger partial charge in [0.1, 0.15) is 12.4 Å². The van der Waals surface area contributed by atoms with Crippen LogP contribution >= 0.6 is 0 Å². The van der Waals surface area contributed by atoms with Crippen LogP contribution in [0.5, 0.6) is 5.75 Å². The zero-order valence-corrected chi connectivity index (χ0v) is 12.2. The first-order valence-electron chi connectivity index (χ1n) is 6.93. The van der Waals surface area contributed by atoms with E-state index in [1.807, 2.05) is 13.8 Å². The van der Waals surface area contributed by atoms with Crippen LogP contribution in [0.4, 0.5) is 5.69 Å². The molecule has 1 aromatic carbocycles. The van der Waals surface area contributed by atoms with Crippen molar-refractivity contribution < 1.29 is 9.66 Å². The van der Waals surface area contributed by atoms with Crippen LogP contribution in [0.25, 0.3) is 10.8 Å². The molecule has 1 aromatic heterocycles. The van der Waals surface area contributed by atoms with E-state index >= 15 is 0 Å². The number of pyridine rings is 1. The van der Waals surface area contributed by atoms with E-state index in [4.69, 9.17) is 10.5 Å². The Hall–Kier alpha value is -2.21. The molecule has 0 aliphatic carbocycles. The average Bonchev–Trinajstić information content (AvgIpc) is 2.52. The molecule has 6 heteroatoms. The molecule has 2 rings (SSSR count). The Labute approximate surface area is 123 Å². The molecule has 1 heterocycles. The van der Waals surface area contributed by atoms with Gasteiger partial charge in [-0.1, -0.05) is 13.8 Å². The number of nitro groups is 1. The van der Waals surface area contributed by atoms with Crippen molar-refractivity contribution in [2.45, 2.75) is 32.2 Å². The van der Waals surface area contributed by atoms with Crippen molar-refractivity contribution in [3.8, 4) is 5.75 Å². The first-order valence-corrected chi connectivity index (χ1v) is 6.93. The number of rotatable bonds is 6. The molecule has 0 amide bonds. The Morgan fingerprint density at radius 3 is 2.62 bits per heavy atom. The fourth-order valence-electron chi connectivity index (χ4n) is 2.11. The molecule has 0 spiro atoms. The molecule has 21 heavy (non-hydrogen) atoms. The summed E-state index contributed by atoms with van der Waals surface area (Å²) in [5, 5.41) is 12.2. The lowest BCUT2D eigenvalue weighted by atomic mass is 9.95. The monoisotopic (exact) mass is 289 g/mol. The zero-order valence-electron chi connectivity index (χ0n) is 12.2. The van der Waals surface area contributed by atoms with Gasteiger partial charge in [-0.05, 0) is 25.0 Å². The van der Waals surface area contributed by atoms with Crippen LogP contribution in [0, 0.1) is 10.1 Å². The Kier molecular flexibility index (Phi) is 4.37. The number of nitro benzene ring substituents is 1. The van der Waals surface area contributed by atoms with Crippen LogP contribution in [0.2, 0.25) is 0 Å². The lowest BCUT2D eigenvalue weighted by molar-refractivity contribution is -0.383. The molecule has 6 nitrogen and oxygen atoms in total. The lowest BCUT2D eigenvalue weighted by Crippen LogP contribution is -2.44. The third-order valence-corrected chi connectivity index (χ3v) is 3.88. The third-order valence-electron chi connectivity index (χ3n) is 3.88. The van der Waals surface area contributed by atoms with Gasteiger partial charge in [0.2, 0.25) is 0 Å². The van der Waals surface area contributed by atoms with Gasteiger partial charge in [0.05, 0.1) is 10.3 Å². The van der Waals surface area contributed by atoms with E-state index < -0.39 is 4.92 Å². The average molecular weight is 289 g/mol.